The van der Waals surface area contributed by atoms with Crippen molar-refractivity contribution in [2.24, 2.45) is 10.2 Å². The fourth-order valence-corrected chi connectivity index (χ4v) is 9.31. The van der Waals surface area contributed by atoms with E-state index in [9.17, 15) is 43.2 Å². The second-order valence-electron chi connectivity index (χ2n) is 23.9. The SMILES string of the molecule is C=CC(=O)OCCCCCCOc1ccc(COOc2ccc(/C=N/N=C/c3ccc(OC(=O)c4ccc(OCCCCCCOC(=O)C=C)cc4)cc3)cc2C(=O)OC)cc1.C=CC(=O)OCCCCOC(=O)Oc1ccc(COOc2ccc(OC(=O)c3ccc(OC(=O)OCCCCOC(=O)C=C)cc3)c(C)c2)cc1. The predicted molar refractivity (Wildman–Crippen MR) is 412 cm³/mol. The number of aryl methyl sites for hydroxylation is 1. The third-order valence-corrected chi connectivity index (χ3v) is 15.3. The van der Waals surface area contributed by atoms with Crippen LogP contribution < -0.4 is 38.2 Å². The second-order valence-corrected chi connectivity index (χ2v) is 23.9. The number of hydrogen-bond donors (Lipinski definition) is 0. The van der Waals surface area contributed by atoms with Crippen LogP contribution in [-0.2, 0) is 75.3 Å². The van der Waals surface area contributed by atoms with Gasteiger partial charge in [0.15, 0.2) is 11.5 Å². The van der Waals surface area contributed by atoms with Gasteiger partial charge in [-0.15, -0.1) is 0 Å². The number of hydrogen-bond acceptors (Lipinski definition) is 28. The average molecular weight is 1560 g/mol. The molecule has 0 heterocycles. The van der Waals surface area contributed by atoms with E-state index in [1.807, 2.05) is 24.3 Å². The van der Waals surface area contributed by atoms with Crippen LogP contribution in [0.2, 0.25) is 0 Å². The van der Waals surface area contributed by atoms with Crippen LogP contribution in [0.25, 0.3) is 0 Å². The van der Waals surface area contributed by atoms with Crippen molar-refractivity contribution in [2.75, 3.05) is 60.0 Å². The molecule has 0 aromatic heterocycles. The molecule has 0 aliphatic rings. The number of unbranched alkanes of at least 4 members (excludes halogenated alkanes) is 8. The molecule has 0 atom stereocenters. The molecular formula is C85H90N2O26. The predicted octanol–water partition coefficient (Wildman–Crippen LogP) is 15.8. The molecule has 0 unspecified atom stereocenters. The van der Waals surface area contributed by atoms with E-state index in [4.69, 9.17) is 81.1 Å². The van der Waals surface area contributed by atoms with E-state index in [-0.39, 0.29) is 68.0 Å². The van der Waals surface area contributed by atoms with E-state index < -0.39 is 54.1 Å². The summed E-state index contributed by atoms with van der Waals surface area (Å²) in [6, 6.07) is 42.8. The number of ether oxygens (including phenoxy) is 13. The van der Waals surface area contributed by atoms with E-state index in [2.05, 4.69) is 36.5 Å². The zero-order chi connectivity index (χ0) is 81.1. The second kappa shape index (κ2) is 52.0. The van der Waals surface area contributed by atoms with Gasteiger partial charge in [0, 0.05) is 24.3 Å². The zero-order valence-electron chi connectivity index (χ0n) is 62.9. The van der Waals surface area contributed by atoms with Crippen molar-refractivity contribution in [1.29, 1.82) is 0 Å². The van der Waals surface area contributed by atoms with Gasteiger partial charge < -0.3 is 71.4 Å². The lowest BCUT2D eigenvalue weighted by Gasteiger charge is -2.11. The summed E-state index contributed by atoms with van der Waals surface area (Å²) >= 11 is 0. The van der Waals surface area contributed by atoms with Crippen molar-refractivity contribution in [1.82, 2.24) is 0 Å². The minimum atomic E-state index is -0.909. The van der Waals surface area contributed by atoms with Gasteiger partial charge in [0.2, 0.25) is 0 Å². The number of benzene rings is 7. The lowest BCUT2D eigenvalue weighted by Crippen LogP contribution is -2.13. The third-order valence-electron chi connectivity index (χ3n) is 15.3. The Morgan fingerprint density at radius 1 is 0.336 bits per heavy atom. The standard InChI is InChI=1S/C48H52N2O12.C37H38O14/c1-4-45(51)58-30-12-8-6-10-28-56-40-21-16-37(17-22-40)35-60-62-44-27-18-38(32-43(44)48(54)55-3)34-50-49-33-36-14-23-42(24-15-36)61-47(53)39-19-25-41(26-20-39)57-29-11-7-9-13-31-59-46(52)5-2;1-4-33(38)43-20-6-8-22-45-36(41)48-29-14-10-27(11-15-29)25-47-51-31-18-19-32(26(3)24-31)50-35(40)28-12-16-30(17-13-28)49-37(42)46-23-9-7-21-44-34(39)5-2/h4-5,14-27,32-34H,1-2,6-13,28-31,35H2,3H3;4-5,10-19,24H,1-2,6-9,20-23,25H2,3H3/b49-33+,50-34+;. The van der Waals surface area contributed by atoms with E-state index in [0.717, 1.165) is 92.5 Å². The van der Waals surface area contributed by atoms with Crippen LogP contribution in [0.15, 0.2) is 219 Å². The number of rotatable bonds is 48. The van der Waals surface area contributed by atoms with Gasteiger partial charge in [-0.25, -0.2) is 43.2 Å². The zero-order valence-corrected chi connectivity index (χ0v) is 62.9. The maximum absolute atomic E-state index is 12.7. The molecule has 596 valence electrons. The number of carbonyl (C=O) groups is 9. The molecule has 113 heavy (non-hydrogen) atoms. The summed E-state index contributed by atoms with van der Waals surface area (Å²) < 4.78 is 67.3. The number of nitrogens with zero attached hydrogens (tertiary/aromatic N) is 2. The average Bonchev–Trinajstić information content (AvgIpc) is 0.848. The highest BCUT2D eigenvalue weighted by Crippen LogP contribution is 2.27. The highest BCUT2D eigenvalue weighted by molar-refractivity contribution is 5.95. The fraction of sp³-hybridized carbons (Fsp3) is 0.282. The largest absolute Gasteiger partial charge is 0.513 e. The van der Waals surface area contributed by atoms with Gasteiger partial charge in [0.25, 0.3) is 0 Å². The molecule has 0 saturated carbocycles. The molecule has 0 saturated heterocycles. The molecule has 7 aromatic rings. The maximum atomic E-state index is 12.7. The minimum absolute atomic E-state index is 0.0814. The molecular weight excluding hydrogens is 1460 g/mol. The molecule has 0 aliphatic heterocycles. The summed E-state index contributed by atoms with van der Waals surface area (Å²) in [6.45, 7) is 17.8. The van der Waals surface area contributed by atoms with Gasteiger partial charge in [-0.2, -0.15) is 20.0 Å². The Morgan fingerprint density at radius 2 is 0.690 bits per heavy atom. The molecule has 0 bridgehead atoms. The Kier molecular flexibility index (Phi) is 40.8. The van der Waals surface area contributed by atoms with Gasteiger partial charge in [-0.3, -0.25) is 0 Å². The van der Waals surface area contributed by atoms with Gasteiger partial charge in [0.1, 0.15) is 53.3 Å². The highest BCUT2D eigenvalue weighted by atomic mass is 17.2. The van der Waals surface area contributed by atoms with Crippen LogP contribution in [-0.4, -0.2) is 126 Å². The molecule has 0 amide bonds. The van der Waals surface area contributed by atoms with Crippen LogP contribution in [0, 0.1) is 6.92 Å². The first kappa shape index (κ1) is 88.7. The Hall–Kier alpha value is -13.2. The van der Waals surface area contributed by atoms with E-state index >= 15 is 0 Å². The Bertz CT molecular complexity index is 4270. The first-order valence-corrected chi connectivity index (χ1v) is 36.0. The van der Waals surface area contributed by atoms with Gasteiger partial charge in [0.05, 0.1) is 83.5 Å². The number of carbonyl (C=O) groups excluding carboxylic acids is 9. The minimum Gasteiger partial charge on any atom is -0.494 e. The molecule has 0 spiro atoms. The van der Waals surface area contributed by atoms with Crippen LogP contribution in [0.4, 0.5) is 9.59 Å². The van der Waals surface area contributed by atoms with Crippen molar-refractivity contribution in [2.45, 2.75) is 97.2 Å². The first-order chi connectivity index (χ1) is 54.9. The van der Waals surface area contributed by atoms with Crippen molar-refractivity contribution in [3.63, 3.8) is 0 Å². The summed E-state index contributed by atoms with van der Waals surface area (Å²) in [5.41, 5.74) is 4.20. The van der Waals surface area contributed by atoms with E-state index in [0.29, 0.717) is 97.4 Å². The van der Waals surface area contributed by atoms with Gasteiger partial charge in [-0.1, -0.05) is 50.6 Å². The molecule has 7 aromatic carbocycles. The van der Waals surface area contributed by atoms with Crippen LogP contribution in [0.3, 0.4) is 0 Å². The monoisotopic (exact) mass is 1550 g/mol. The lowest BCUT2D eigenvalue weighted by atomic mass is 10.1. The van der Waals surface area contributed by atoms with Crippen LogP contribution in [0.1, 0.15) is 136 Å². The molecule has 0 fully saturated rings. The van der Waals surface area contributed by atoms with Gasteiger partial charge >= 0.3 is 54.1 Å². The Morgan fingerprint density at radius 3 is 1.14 bits per heavy atom. The smallest absolute Gasteiger partial charge is 0.494 e. The summed E-state index contributed by atoms with van der Waals surface area (Å²) in [5.74, 6) is -0.530. The van der Waals surface area contributed by atoms with Crippen molar-refractivity contribution in [3.05, 3.63) is 253 Å². The molecule has 0 aliphatic carbocycles. The van der Waals surface area contributed by atoms with E-state index in [1.54, 1.807) is 116 Å². The molecule has 7 rings (SSSR count). The van der Waals surface area contributed by atoms with Crippen LogP contribution >= 0.6 is 0 Å². The van der Waals surface area contributed by atoms with Gasteiger partial charge in [-0.05, 0) is 245 Å². The fourth-order valence-electron chi connectivity index (χ4n) is 9.31. The highest BCUT2D eigenvalue weighted by Gasteiger charge is 2.18. The van der Waals surface area contributed by atoms with Crippen molar-refractivity contribution < 1.29 is 124 Å². The van der Waals surface area contributed by atoms with Crippen molar-refractivity contribution >= 4 is 66.5 Å². The molecule has 0 N–H and O–H groups in total. The molecule has 0 radical (unpaired) electrons. The summed E-state index contributed by atoms with van der Waals surface area (Å²) in [4.78, 5) is 127. The number of esters is 7. The summed E-state index contributed by atoms with van der Waals surface area (Å²) in [7, 11) is 1.27. The Balaban J connectivity index is 0.000000359. The quantitative estimate of drug-likeness (QED) is 0.00393. The normalized spacial score (nSPS) is 10.6. The molecule has 28 nitrogen and oxygen atoms in total. The lowest BCUT2D eigenvalue weighted by molar-refractivity contribution is -0.217. The van der Waals surface area contributed by atoms with Crippen molar-refractivity contribution in [3.8, 4) is 46.0 Å². The number of methoxy groups -OCH3 is 1. The topological polar surface area (TPSA) is 335 Å². The third kappa shape index (κ3) is 36.2. The summed E-state index contributed by atoms with van der Waals surface area (Å²) in [6.07, 6.45) is 14.8. The Labute approximate surface area is 654 Å². The molecule has 28 heteroatoms. The van der Waals surface area contributed by atoms with Crippen LogP contribution in [0.5, 0.6) is 46.0 Å². The maximum Gasteiger partial charge on any atom is 0.513 e. The summed E-state index contributed by atoms with van der Waals surface area (Å²) in [5, 5.41) is 8.18. The van der Waals surface area contributed by atoms with E-state index in [1.165, 1.54) is 43.8 Å². The first-order valence-electron chi connectivity index (χ1n) is 36.0.